The van der Waals surface area contributed by atoms with Crippen LogP contribution in [0.5, 0.6) is 5.75 Å². The zero-order valence-electron chi connectivity index (χ0n) is 19.1. The molecule has 8 heteroatoms. The molecule has 2 saturated heterocycles. The quantitative estimate of drug-likeness (QED) is 0.457. The van der Waals surface area contributed by atoms with Gasteiger partial charge in [0, 0.05) is 39.4 Å². The highest BCUT2D eigenvalue weighted by Crippen LogP contribution is 2.31. The molecule has 2 atom stereocenters. The SMILES string of the molecule is COc1ccccc1C(CNC(=NCC(=O)N(C)C)NCC1CCCO1)N1CCCC1. The molecule has 2 unspecified atom stereocenters. The average molecular weight is 432 g/mol. The fourth-order valence-electron chi connectivity index (χ4n) is 4.10. The maximum absolute atomic E-state index is 12.1. The molecular formula is C23H37N5O3. The Kier molecular flexibility index (Phi) is 8.97. The number of likely N-dealkylation sites (tertiary alicyclic amines) is 1. The molecule has 2 fully saturated rings. The predicted octanol–water partition coefficient (Wildman–Crippen LogP) is 1.63. The van der Waals surface area contributed by atoms with Crippen LogP contribution in [0.3, 0.4) is 0 Å². The molecule has 2 heterocycles. The molecule has 0 spiro atoms. The van der Waals surface area contributed by atoms with Gasteiger partial charge in [-0.05, 0) is 44.8 Å². The Morgan fingerprint density at radius 1 is 1.26 bits per heavy atom. The number of carbonyl (C=O) groups excluding carboxylic acids is 1. The largest absolute Gasteiger partial charge is 0.496 e. The molecule has 8 nitrogen and oxygen atoms in total. The van der Waals surface area contributed by atoms with Gasteiger partial charge in [-0.2, -0.15) is 0 Å². The van der Waals surface area contributed by atoms with E-state index in [1.54, 1.807) is 26.1 Å². The Bertz CT molecular complexity index is 728. The van der Waals surface area contributed by atoms with E-state index in [1.165, 1.54) is 18.4 Å². The molecule has 0 radical (unpaired) electrons. The molecule has 0 saturated carbocycles. The van der Waals surface area contributed by atoms with Crippen LogP contribution in [0.25, 0.3) is 0 Å². The lowest BCUT2D eigenvalue weighted by Crippen LogP contribution is -2.45. The fourth-order valence-corrected chi connectivity index (χ4v) is 4.10. The number of guanidine groups is 1. The zero-order valence-corrected chi connectivity index (χ0v) is 19.1. The molecule has 0 aliphatic carbocycles. The van der Waals surface area contributed by atoms with Crippen LogP contribution >= 0.6 is 0 Å². The summed E-state index contributed by atoms with van der Waals surface area (Å²) in [6, 6.07) is 8.37. The summed E-state index contributed by atoms with van der Waals surface area (Å²) in [5.41, 5.74) is 1.17. The van der Waals surface area contributed by atoms with E-state index in [1.807, 2.05) is 12.1 Å². The number of aliphatic imine (C=N–C) groups is 1. The van der Waals surface area contributed by atoms with Gasteiger partial charge in [-0.15, -0.1) is 0 Å². The number of benzene rings is 1. The molecule has 172 valence electrons. The summed E-state index contributed by atoms with van der Waals surface area (Å²) in [6.45, 7) is 4.42. The molecule has 1 amide bonds. The molecular weight excluding hydrogens is 394 g/mol. The van der Waals surface area contributed by atoms with Crippen molar-refractivity contribution in [3.8, 4) is 5.75 Å². The van der Waals surface area contributed by atoms with Crippen molar-refractivity contribution < 1.29 is 14.3 Å². The fraction of sp³-hybridized carbons (Fsp3) is 0.652. The van der Waals surface area contributed by atoms with Gasteiger partial charge in [0.15, 0.2) is 5.96 Å². The van der Waals surface area contributed by atoms with Gasteiger partial charge in [-0.25, -0.2) is 4.99 Å². The van der Waals surface area contributed by atoms with E-state index in [9.17, 15) is 4.79 Å². The van der Waals surface area contributed by atoms with Crippen LogP contribution < -0.4 is 15.4 Å². The summed E-state index contributed by atoms with van der Waals surface area (Å²) in [6.07, 6.45) is 4.76. The smallest absolute Gasteiger partial charge is 0.243 e. The molecule has 31 heavy (non-hydrogen) atoms. The van der Waals surface area contributed by atoms with E-state index in [2.05, 4.69) is 32.7 Å². The Morgan fingerprint density at radius 3 is 2.71 bits per heavy atom. The number of nitrogens with zero attached hydrogens (tertiary/aromatic N) is 3. The second-order valence-corrected chi connectivity index (χ2v) is 8.35. The van der Waals surface area contributed by atoms with Crippen LogP contribution in [0, 0.1) is 0 Å². The Balaban J connectivity index is 1.71. The van der Waals surface area contributed by atoms with Crippen molar-refractivity contribution in [2.24, 2.45) is 4.99 Å². The summed E-state index contributed by atoms with van der Waals surface area (Å²) < 4.78 is 11.4. The van der Waals surface area contributed by atoms with Crippen molar-refractivity contribution in [1.29, 1.82) is 0 Å². The number of nitrogens with one attached hydrogen (secondary N) is 2. The van der Waals surface area contributed by atoms with Gasteiger partial charge in [0.25, 0.3) is 0 Å². The summed E-state index contributed by atoms with van der Waals surface area (Å²) >= 11 is 0. The number of para-hydroxylation sites is 1. The van der Waals surface area contributed by atoms with Crippen LogP contribution in [0.2, 0.25) is 0 Å². The molecule has 1 aromatic rings. The second-order valence-electron chi connectivity index (χ2n) is 8.35. The number of methoxy groups -OCH3 is 1. The molecule has 2 N–H and O–H groups in total. The van der Waals surface area contributed by atoms with E-state index in [0.29, 0.717) is 19.0 Å². The lowest BCUT2D eigenvalue weighted by atomic mass is 10.0. The third kappa shape index (κ3) is 6.83. The minimum absolute atomic E-state index is 0.0287. The third-order valence-corrected chi connectivity index (χ3v) is 5.93. The number of ether oxygens (including phenoxy) is 2. The molecule has 2 aliphatic rings. The number of hydrogen-bond acceptors (Lipinski definition) is 5. The highest BCUT2D eigenvalue weighted by molar-refractivity contribution is 5.84. The molecule has 3 rings (SSSR count). The van der Waals surface area contributed by atoms with Gasteiger partial charge >= 0.3 is 0 Å². The first-order valence-electron chi connectivity index (χ1n) is 11.3. The maximum atomic E-state index is 12.1. The molecule has 1 aromatic carbocycles. The number of rotatable bonds is 9. The average Bonchev–Trinajstić information content (AvgIpc) is 3.49. The standard InChI is InChI=1S/C23H37N5O3/c1-27(2)22(29)17-26-23(24-15-18-9-8-14-31-18)25-16-20(28-12-6-7-13-28)19-10-4-5-11-21(19)30-3/h4-5,10-11,18,20H,6-9,12-17H2,1-3H3,(H2,24,25,26). The van der Waals surface area contributed by atoms with Crippen molar-refractivity contribution in [3.05, 3.63) is 29.8 Å². The number of amides is 1. The van der Waals surface area contributed by atoms with Crippen LogP contribution in [0.1, 0.15) is 37.3 Å². The van der Waals surface area contributed by atoms with Crippen LogP contribution in [-0.2, 0) is 9.53 Å². The van der Waals surface area contributed by atoms with Gasteiger partial charge < -0.3 is 25.0 Å². The highest BCUT2D eigenvalue weighted by atomic mass is 16.5. The summed E-state index contributed by atoms with van der Waals surface area (Å²) in [5.74, 6) is 1.51. The van der Waals surface area contributed by atoms with Crippen LogP contribution in [-0.4, -0.2) is 88.3 Å². The topological polar surface area (TPSA) is 78.4 Å². The minimum Gasteiger partial charge on any atom is -0.496 e. The van der Waals surface area contributed by atoms with Crippen molar-refractivity contribution >= 4 is 11.9 Å². The minimum atomic E-state index is -0.0287. The first kappa shape index (κ1) is 23.3. The maximum Gasteiger partial charge on any atom is 0.243 e. The Labute approximate surface area is 186 Å². The van der Waals surface area contributed by atoms with Crippen molar-refractivity contribution in [2.45, 2.75) is 37.8 Å². The lowest BCUT2D eigenvalue weighted by molar-refractivity contribution is -0.127. The van der Waals surface area contributed by atoms with E-state index in [-0.39, 0.29) is 24.6 Å². The van der Waals surface area contributed by atoms with Crippen LogP contribution in [0.4, 0.5) is 0 Å². The van der Waals surface area contributed by atoms with Gasteiger partial charge in [0.2, 0.25) is 5.91 Å². The number of likely N-dealkylation sites (N-methyl/N-ethyl adjacent to an activating group) is 1. The predicted molar refractivity (Wildman–Crippen MR) is 123 cm³/mol. The summed E-state index contributed by atoms with van der Waals surface area (Å²) in [4.78, 5) is 20.7. The Hall–Kier alpha value is -2.32. The molecule has 0 aromatic heterocycles. The first-order chi connectivity index (χ1) is 15.1. The monoisotopic (exact) mass is 431 g/mol. The van der Waals surface area contributed by atoms with E-state index in [4.69, 9.17) is 9.47 Å². The van der Waals surface area contributed by atoms with E-state index >= 15 is 0 Å². The number of hydrogen-bond donors (Lipinski definition) is 2. The summed E-state index contributed by atoms with van der Waals surface area (Å²) in [7, 11) is 5.21. The van der Waals surface area contributed by atoms with Crippen molar-refractivity contribution in [2.75, 3.05) is 60.5 Å². The second kappa shape index (κ2) is 11.9. The van der Waals surface area contributed by atoms with Crippen molar-refractivity contribution in [1.82, 2.24) is 20.4 Å². The van der Waals surface area contributed by atoms with Gasteiger partial charge in [0.05, 0.1) is 19.3 Å². The molecule has 0 bridgehead atoms. The van der Waals surface area contributed by atoms with Gasteiger partial charge in [-0.1, -0.05) is 18.2 Å². The Morgan fingerprint density at radius 2 is 2.03 bits per heavy atom. The van der Waals surface area contributed by atoms with E-state index in [0.717, 1.165) is 38.3 Å². The molecule has 2 aliphatic heterocycles. The third-order valence-electron chi connectivity index (χ3n) is 5.93. The van der Waals surface area contributed by atoms with Crippen molar-refractivity contribution in [3.63, 3.8) is 0 Å². The summed E-state index contributed by atoms with van der Waals surface area (Å²) in [5, 5.41) is 6.86. The normalized spacial score (nSPS) is 20.5. The lowest BCUT2D eigenvalue weighted by Gasteiger charge is -2.30. The van der Waals surface area contributed by atoms with Gasteiger partial charge in [0.1, 0.15) is 12.3 Å². The van der Waals surface area contributed by atoms with E-state index < -0.39 is 0 Å². The number of carbonyl (C=O) groups is 1. The zero-order chi connectivity index (χ0) is 22.1. The first-order valence-corrected chi connectivity index (χ1v) is 11.3. The van der Waals surface area contributed by atoms with Gasteiger partial charge in [-0.3, -0.25) is 9.69 Å². The van der Waals surface area contributed by atoms with Crippen LogP contribution in [0.15, 0.2) is 29.3 Å². The highest BCUT2D eigenvalue weighted by Gasteiger charge is 2.26.